The number of thioether (sulfide) groups is 1. The van der Waals surface area contributed by atoms with E-state index in [4.69, 9.17) is 9.47 Å². The molecule has 0 fully saturated rings. The predicted molar refractivity (Wildman–Crippen MR) is 87.7 cm³/mol. The first-order valence-corrected chi connectivity index (χ1v) is 9.88. The Bertz CT molecular complexity index is 750. The molecule has 1 atom stereocenters. The zero-order valence-corrected chi connectivity index (χ0v) is 15.2. The molecule has 0 N–H and O–H groups in total. The molecule has 1 aromatic carbocycles. The van der Waals surface area contributed by atoms with Crippen LogP contribution >= 0.6 is 11.8 Å². The molecule has 0 spiro atoms. The molecular formula is C17H18O2SSe. The average Bonchev–Trinajstić information content (AvgIpc) is 3.05. The summed E-state index contributed by atoms with van der Waals surface area (Å²) in [5, 5.41) is 0. The van der Waals surface area contributed by atoms with Crippen LogP contribution in [0.25, 0.3) is 10.0 Å². The number of hydrogen-bond donors (Lipinski definition) is 0. The van der Waals surface area contributed by atoms with Crippen LogP contribution in [0.5, 0.6) is 5.75 Å². The maximum absolute atomic E-state index is 6.25. The summed E-state index contributed by atoms with van der Waals surface area (Å²) >= 11 is 2.38. The van der Waals surface area contributed by atoms with Gasteiger partial charge in [-0.1, -0.05) is 0 Å². The molecule has 1 aromatic heterocycles. The number of fused-ring (bicyclic) bond motifs is 5. The Hall–Kier alpha value is -0.671. The summed E-state index contributed by atoms with van der Waals surface area (Å²) in [4.78, 5) is 1.48. The molecule has 0 amide bonds. The molecule has 2 aliphatic heterocycles. The number of benzene rings is 1. The zero-order valence-electron chi connectivity index (χ0n) is 12.7. The Kier molecular flexibility index (Phi) is 3.10. The van der Waals surface area contributed by atoms with Crippen molar-refractivity contribution in [1.82, 2.24) is 0 Å². The molecule has 0 radical (unpaired) electrons. The monoisotopic (exact) mass is 366 g/mol. The van der Waals surface area contributed by atoms with Crippen LogP contribution < -0.4 is 4.74 Å². The third-order valence-corrected chi connectivity index (χ3v) is 7.79. The van der Waals surface area contributed by atoms with E-state index in [1.807, 2.05) is 18.7 Å². The molecule has 0 saturated carbocycles. The number of aryl methyl sites for hydroxylation is 2. The second kappa shape index (κ2) is 4.66. The summed E-state index contributed by atoms with van der Waals surface area (Å²) < 4.78 is 14.9. The van der Waals surface area contributed by atoms with E-state index in [0.29, 0.717) is 14.5 Å². The Balaban J connectivity index is 2.09. The number of ether oxygens (including phenoxy) is 2. The SMILES string of the molecule is COC1(C)Oc2cc(C)[se]c2-c2c1cc(C)c1c2SCC1. The first-order chi connectivity index (χ1) is 10.0. The van der Waals surface area contributed by atoms with Crippen LogP contribution in [0.3, 0.4) is 0 Å². The van der Waals surface area contributed by atoms with Gasteiger partial charge in [-0.2, -0.15) is 0 Å². The number of hydrogen-bond acceptors (Lipinski definition) is 3. The second-order valence-corrected chi connectivity index (χ2v) is 9.57. The van der Waals surface area contributed by atoms with Gasteiger partial charge in [0.25, 0.3) is 0 Å². The van der Waals surface area contributed by atoms with E-state index in [9.17, 15) is 0 Å². The maximum atomic E-state index is 6.25. The first kappa shape index (κ1) is 14.0. The third kappa shape index (κ3) is 1.90. The minimum atomic E-state index is -0.672. The van der Waals surface area contributed by atoms with Gasteiger partial charge in [0.1, 0.15) is 0 Å². The van der Waals surface area contributed by atoms with Crippen LogP contribution in [0.2, 0.25) is 0 Å². The van der Waals surface area contributed by atoms with Gasteiger partial charge in [0, 0.05) is 0 Å². The average molecular weight is 365 g/mol. The summed E-state index contributed by atoms with van der Waals surface area (Å²) in [6.07, 6.45) is 1.19. The number of rotatable bonds is 1. The van der Waals surface area contributed by atoms with Gasteiger partial charge in [0.15, 0.2) is 0 Å². The van der Waals surface area contributed by atoms with Gasteiger partial charge in [-0.15, -0.1) is 0 Å². The van der Waals surface area contributed by atoms with E-state index in [-0.39, 0.29) is 0 Å². The topological polar surface area (TPSA) is 18.5 Å². The Morgan fingerprint density at radius 3 is 2.90 bits per heavy atom. The second-order valence-electron chi connectivity index (χ2n) is 5.82. The molecule has 0 saturated heterocycles. The summed E-state index contributed by atoms with van der Waals surface area (Å²) in [7, 11) is 1.74. The van der Waals surface area contributed by atoms with Crippen molar-refractivity contribution in [2.24, 2.45) is 0 Å². The number of methoxy groups -OCH3 is 1. The molecule has 4 heteroatoms. The Labute approximate surface area is 135 Å². The molecule has 4 rings (SSSR count). The summed E-state index contributed by atoms with van der Waals surface area (Å²) in [5.74, 6) is 1.55. The van der Waals surface area contributed by atoms with Crippen molar-refractivity contribution in [2.75, 3.05) is 12.9 Å². The first-order valence-electron chi connectivity index (χ1n) is 7.18. The fourth-order valence-electron chi connectivity index (χ4n) is 3.29. The zero-order chi connectivity index (χ0) is 14.8. The fourth-order valence-corrected chi connectivity index (χ4v) is 6.85. The van der Waals surface area contributed by atoms with E-state index < -0.39 is 5.79 Å². The van der Waals surface area contributed by atoms with Crippen LogP contribution in [0, 0.1) is 13.8 Å². The van der Waals surface area contributed by atoms with Crippen molar-refractivity contribution in [3.05, 3.63) is 33.3 Å². The van der Waals surface area contributed by atoms with Gasteiger partial charge < -0.3 is 0 Å². The molecule has 2 nitrogen and oxygen atoms in total. The van der Waals surface area contributed by atoms with Gasteiger partial charge in [0.05, 0.1) is 0 Å². The summed E-state index contributed by atoms with van der Waals surface area (Å²) in [6, 6.07) is 4.48. The van der Waals surface area contributed by atoms with Gasteiger partial charge in [0.2, 0.25) is 0 Å². The standard InChI is InChI=1S/C17H18O2SSe/c1-9-7-12-14(15-11(9)5-6-20-15)16-13(8-10(2)21-16)19-17(12,3)18-4/h7-8H,5-6H2,1-4H3. The summed E-state index contributed by atoms with van der Waals surface area (Å²) in [5.41, 5.74) is 5.53. The Morgan fingerprint density at radius 2 is 2.14 bits per heavy atom. The molecule has 0 bridgehead atoms. The van der Waals surface area contributed by atoms with Crippen LogP contribution in [0.4, 0.5) is 0 Å². The van der Waals surface area contributed by atoms with Crippen LogP contribution in [0.1, 0.15) is 28.1 Å². The van der Waals surface area contributed by atoms with Crippen molar-refractivity contribution in [2.45, 2.75) is 37.9 Å². The van der Waals surface area contributed by atoms with E-state index in [0.717, 1.165) is 5.75 Å². The fraction of sp³-hybridized carbons (Fsp3) is 0.412. The molecule has 110 valence electrons. The van der Waals surface area contributed by atoms with Crippen LogP contribution in [0.15, 0.2) is 17.0 Å². The van der Waals surface area contributed by atoms with E-state index >= 15 is 0 Å². The van der Waals surface area contributed by atoms with Crippen molar-refractivity contribution in [3.8, 4) is 15.8 Å². The van der Waals surface area contributed by atoms with Crippen molar-refractivity contribution < 1.29 is 9.47 Å². The van der Waals surface area contributed by atoms with Gasteiger partial charge in [-0.3, -0.25) is 0 Å². The van der Waals surface area contributed by atoms with Gasteiger partial charge >= 0.3 is 135 Å². The molecule has 2 aliphatic rings. The normalized spacial score (nSPS) is 22.5. The van der Waals surface area contributed by atoms with Gasteiger partial charge in [-0.25, -0.2) is 0 Å². The van der Waals surface area contributed by atoms with E-state index in [2.05, 4.69) is 26.0 Å². The Morgan fingerprint density at radius 1 is 1.33 bits per heavy atom. The molecule has 21 heavy (non-hydrogen) atoms. The molecular weight excluding hydrogens is 347 g/mol. The van der Waals surface area contributed by atoms with Crippen molar-refractivity contribution in [1.29, 1.82) is 0 Å². The minimum absolute atomic E-state index is 0.380. The quantitative estimate of drug-likeness (QED) is 0.715. The summed E-state index contributed by atoms with van der Waals surface area (Å²) in [6.45, 7) is 6.46. The molecule has 0 aliphatic carbocycles. The van der Waals surface area contributed by atoms with Crippen molar-refractivity contribution in [3.63, 3.8) is 0 Å². The van der Waals surface area contributed by atoms with E-state index in [1.54, 1.807) is 7.11 Å². The molecule has 2 aromatic rings. The van der Waals surface area contributed by atoms with Crippen LogP contribution in [-0.4, -0.2) is 27.4 Å². The van der Waals surface area contributed by atoms with Crippen molar-refractivity contribution >= 4 is 26.3 Å². The third-order valence-electron chi connectivity index (χ3n) is 4.44. The van der Waals surface area contributed by atoms with Crippen LogP contribution in [-0.2, 0) is 16.9 Å². The van der Waals surface area contributed by atoms with Gasteiger partial charge in [-0.05, 0) is 0 Å². The predicted octanol–water partition coefficient (Wildman–Crippen LogP) is 3.89. The van der Waals surface area contributed by atoms with E-state index in [1.165, 1.54) is 48.2 Å². The molecule has 1 unspecified atom stereocenters. The molecule has 3 heterocycles.